The number of pyridine rings is 1. The number of imidazole rings is 1. The summed E-state index contributed by atoms with van der Waals surface area (Å²) in [5.41, 5.74) is 7.81. The Kier molecular flexibility index (Phi) is 8.33. The van der Waals surface area contributed by atoms with E-state index < -0.39 is 5.60 Å². The van der Waals surface area contributed by atoms with Gasteiger partial charge in [-0.2, -0.15) is 0 Å². The zero-order chi connectivity index (χ0) is 24.9. The van der Waals surface area contributed by atoms with E-state index in [1.165, 1.54) is 0 Å². The summed E-state index contributed by atoms with van der Waals surface area (Å²) >= 11 is 0. The Bertz CT molecular complexity index is 1130. The number of anilines is 1. The average Bonchev–Trinajstić information content (AvgIpc) is 3.11. The van der Waals surface area contributed by atoms with E-state index in [0.717, 1.165) is 60.8 Å². The largest absolute Gasteiger partial charge is 0.389 e. The van der Waals surface area contributed by atoms with Gasteiger partial charge in [-0.15, -0.1) is 0 Å². The molecule has 0 atom stereocenters. The molecule has 0 saturated carbocycles. The number of para-hydroxylation sites is 1. The molecule has 3 aromatic rings. The van der Waals surface area contributed by atoms with Gasteiger partial charge in [0.15, 0.2) is 11.8 Å². The van der Waals surface area contributed by atoms with Gasteiger partial charge in [0.2, 0.25) is 0 Å². The van der Waals surface area contributed by atoms with Crippen LogP contribution in [0.4, 0.5) is 5.82 Å². The lowest BCUT2D eigenvalue weighted by Crippen LogP contribution is -2.42. The molecule has 186 valence electrons. The maximum atomic E-state index is 10.7. The lowest BCUT2D eigenvalue weighted by Gasteiger charge is -2.27. The third-order valence-corrected chi connectivity index (χ3v) is 5.61. The minimum atomic E-state index is -0.927. The lowest BCUT2D eigenvalue weighted by atomic mass is 10.1. The normalized spacial score (nSPS) is 12.8. The minimum Gasteiger partial charge on any atom is -0.389 e. The molecule has 0 saturated heterocycles. The van der Waals surface area contributed by atoms with Crippen LogP contribution >= 0.6 is 0 Å². The number of hydrogen-bond donors (Lipinski definition) is 3. The Hall–Kier alpha value is -2.91. The molecule has 0 aliphatic rings. The summed E-state index contributed by atoms with van der Waals surface area (Å²) in [5, 5.41) is 15.1. The number of aliphatic imine (C=N–C) groups is 1. The fraction of sp³-hybridized carbons (Fsp3) is 0.560. The molecule has 3 rings (SSSR count). The number of rotatable bonds is 10. The predicted octanol–water partition coefficient (Wildman–Crippen LogP) is 2.68. The molecule has 0 fully saturated rings. The maximum absolute atomic E-state index is 10.7. The monoisotopic (exact) mass is 468 g/mol. The van der Waals surface area contributed by atoms with Crippen molar-refractivity contribution >= 4 is 33.7 Å². The Morgan fingerprint density at radius 3 is 2.59 bits per heavy atom. The molecule has 9 nitrogen and oxygen atoms in total. The second kappa shape index (κ2) is 11.0. The van der Waals surface area contributed by atoms with Crippen LogP contribution in [0.2, 0.25) is 0 Å². The molecule has 34 heavy (non-hydrogen) atoms. The summed E-state index contributed by atoms with van der Waals surface area (Å²) < 4.78 is 2.09. The number of guanidine groups is 1. The van der Waals surface area contributed by atoms with E-state index in [9.17, 15) is 5.11 Å². The van der Waals surface area contributed by atoms with Crippen molar-refractivity contribution in [1.29, 1.82) is 0 Å². The first-order valence-electron chi connectivity index (χ1n) is 12.1. The van der Waals surface area contributed by atoms with Gasteiger partial charge in [-0.3, -0.25) is 4.99 Å². The Labute approximate surface area is 202 Å². The van der Waals surface area contributed by atoms with Crippen molar-refractivity contribution in [2.45, 2.75) is 52.8 Å². The van der Waals surface area contributed by atoms with Gasteiger partial charge >= 0.3 is 0 Å². The number of aliphatic hydroxyl groups is 1. The number of nitrogens with zero attached hydrogens (tertiary/aromatic N) is 6. The number of benzene rings is 1. The van der Waals surface area contributed by atoms with Crippen LogP contribution in [-0.4, -0.2) is 81.3 Å². The van der Waals surface area contributed by atoms with Crippen LogP contribution in [0.25, 0.3) is 21.9 Å². The highest BCUT2D eigenvalue weighted by Crippen LogP contribution is 2.30. The molecule has 0 spiro atoms. The van der Waals surface area contributed by atoms with Crippen LogP contribution in [0.5, 0.6) is 0 Å². The molecule has 0 amide bonds. The number of nitrogens with one attached hydrogen (secondary N) is 1. The fourth-order valence-electron chi connectivity index (χ4n) is 4.09. The van der Waals surface area contributed by atoms with E-state index in [-0.39, 0.29) is 0 Å². The topological polar surface area (TPSA) is 108 Å². The quantitative estimate of drug-likeness (QED) is 0.238. The summed E-state index contributed by atoms with van der Waals surface area (Å²) in [4.78, 5) is 18.7. The first kappa shape index (κ1) is 25.7. The highest BCUT2D eigenvalue weighted by atomic mass is 16.3. The van der Waals surface area contributed by atoms with Gasteiger partial charge in [-0.05, 0) is 60.8 Å². The summed E-state index contributed by atoms with van der Waals surface area (Å²) in [6, 6.07) is 7.92. The van der Waals surface area contributed by atoms with Gasteiger partial charge < -0.3 is 30.5 Å². The van der Waals surface area contributed by atoms with Gasteiger partial charge in [0.25, 0.3) is 0 Å². The molecule has 2 aromatic heterocycles. The van der Waals surface area contributed by atoms with E-state index in [1.807, 2.05) is 38.1 Å². The highest BCUT2D eigenvalue weighted by molar-refractivity contribution is 6.06. The summed E-state index contributed by atoms with van der Waals surface area (Å²) in [5.74, 6) is 2.08. The molecule has 0 aliphatic carbocycles. The Morgan fingerprint density at radius 2 is 1.94 bits per heavy atom. The molecule has 0 bridgehead atoms. The lowest BCUT2D eigenvalue weighted by molar-refractivity contribution is 0.0614. The van der Waals surface area contributed by atoms with Crippen LogP contribution in [0.15, 0.2) is 29.3 Å². The molecule has 9 heteroatoms. The zero-order valence-corrected chi connectivity index (χ0v) is 21.5. The smallest absolute Gasteiger partial charge is 0.194 e. The second-order valence-corrected chi connectivity index (χ2v) is 9.54. The van der Waals surface area contributed by atoms with Crippen LogP contribution in [-0.2, 0) is 13.1 Å². The molecule has 0 aliphatic heterocycles. The van der Waals surface area contributed by atoms with E-state index in [2.05, 4.69) is 52.6 Å². The van der Waals surface area contributed by atoms with Crippen molar-refractivity contribution in [1.82, 2.24) is 29.7 Å². The number of nitrogen functional groups attached to an aromatic ring is 1. The highest BCUT2D eigenvalue weighted by Gasteiger charge is 2.24. The molecule has 0 radical (unpaired) electrons. The third-order valence-electron chi connectivity index (χ3n) is 5.61. The summed E-state index contributed by atoms with van der Waals surface area (Å²) in [6.07, 6.45) is 0.991. The number of hydrogen-bond acceptors (Lipinski definition) is 6. The molecular weight excluding hydrogens is 428 g/mol. The van der Waals surface area contributed by atoms with Gasteiger partial charge in [-0.25, -0.2) is 9.97 Å². The van der Waals surface area contributed by atoms with Crippen LogP contribution < -0.4 is 11.1 Å². The molecule has 0 unspecified atom stereocenters. The second-order valence-electron chi connectivity index (χ2n) is 9.54. The predicted molar refractivity (Wildman–Crippen MR) is 141 cm³/mol. The van der Waals surface area contributed by atoms with Gasteiger partial charge in [-0.1, -0.05) is 18.2 Å². The number of nitrogens with two attached hydrogens (primary N) is 1. The first-order valence-corrected chi connectivity index (χ1v) is 12.1. The number of aromatic nitrogens is 3. The van der Waals surface area contributed by atoms with Crippen molar-refractivity contribution in [3.63, 3.8) is 0 Å². The van der Waals surface area contributed by atoms with Crippen LogP contribution in [0.1, 0.15) is 39.9 Å². The molecule has 2 heterocycles. The van der Waals surface area contributed by atoms with Gasteiger partial charge in [0, 0.05) is 25.0 Å². The van der Waals surface area contributed by atoms with Crippen molar-refractivity contribution in [2.75, 3.05) is 46.0 Å². The maximum Gasteiger partial charge on any atom is 0.194 e. The molecule has 4 N–H and O–H groups in total. The fourth-order valence-corrected chi connectivity index (χ4v) is 4.09. The van der Waals surface area contributed by atoms with E-state index in [1.54, 1.807) is 0 Å². The number of fused-ring (bicyclic) bond motifs is 3. The Morgan fingerprint density at radius 1 is 1.21 bits per heavy atom. The van der Waals surface area contributed by atoms with Crippen molar-refractivity contribution in [3.05, 3.63) is 30.1 Å². The van der Waals surface area contributed by atoms with E-state index in [0.29, 0.717) is 24.4 Å². The minimum absolute atomic E-state index is 0.389. The Balaban J connectivity index is 2.06. The zero-order valence-electron chi connectivity index (χ0n) is 21.5. The molecule has 1 aromatic carbocycles. The third kappa shape index (κ3) is 6.15. The summed E-state index contributed by atoms with van der Waals surface area (Å²) in [7, 11) is 4.15. The van der Waals surface area contributed by atoms with E-state index >= 15 is 0 Å². The average molecular weight is 469 g/mol. The van der Waals surface area contributed by atoms with Crippen molar-refractivity contribution in [3.8, 4) is 0 Å². The molecular formula is C25H40N8O. The standard InChI is InChI=1S/C25H40N8O/c1-7-27-24(28-14-11-15-31(5)6)32(8-2)16-20-30-21-22(33(20)17-25(3,4)34)18-12-9-10-13-19(18)29-23(21)26/h9-10,12-13,34H,7-8,11,14-17H2,1-6H3,(H2,26,29)(H,27,28). The first-order chi connectivity index (χ1) is 16.1. The summed E-state index contributed by atoms with van der Waals surface area (Å²) in [6.45, 7) is 12.0. The van der Waals surface area contributed by atoms with Gasteiger partial charge in [0.1, 0.15) is 11.3 Å². The van der Waals surface area contributed by atoms with Crippen LogP contribution in [0.3, 0.4) is 0 Å². The van der Waals surface area contributed by atoms with Crippen LogP contribution in [0, 0.1) is 0 Å². The van der Waals surface area contributed by atoms with Gasteiger partial charge in [0.05, 0.1) is 29.7 Å². The van der Waals surface area contributed by atoms with Crippen molar-refractivity contribution < 1.29 is 5.11 Å². The van der Waals surface area contributed by atoms with Crippen molar-refractivity contribution in [2.24, 2.45) is 4.99 Å². The SMILES string of the molecule is CCNC(=NCCCN(C)C)N(CC)Cc1nc2c(N)nc3ccccc3c2n1CC(C)(C)O. The van der Waals surface area contributed by atoms with E-state index in [4.69, 9.17) is 15.7 Å².